The molecule has 2 aromatic rings. The van der Waals surface area contributed by atoms with Crippen molar-refractivity contribution in [1.29, 1.82) is 0 Å². The minimum Gasteiger partial charge on any atom is -0.370 e. The topological polar surface area (TPSA) is 63.5 Å². The Labute approximate surface area is 195 Å². The van der Waals surface area contributed by atoms with Crippen molar-refractivity contribution in [1.82, 2.24) is 24.6 Å². The van der Waals surface area contributed by atoms with Crippen LogP contribution in [0.2, 0.25) is 0 Å². The summed E-state index contributed by atoms with van der Waals surface area (Å²) in [6, 6.07) is 5.40. The van der Waals surface area contributed by atoms with E-state index in [1.54, 1.807) is 0 Å². The largest absolute Gasteiger partial charge is 0.416 e. The SMILES string of the molecule is CC1C(OCc2ccc(C(F)(F)F)cc2)CN1C(=O)N1CC2(CC(n3cnc(C4CC4)n3)C2)C1. The lowest BCUT2D eigenvalue weighted by Gasteiger charge is -2.60. The summed E-state index contributed by atoms with van der Waals surface area (Å²) < 4.78 is 45.9. The number of amides is 2. The van der Waals surface area contributed by atoms with Gasteiger partial charge in [-0.2, -0.15) is 18.3 Å². The van der Waals surface area contributed by atoms with Gasteiger partial charge in [0.15, 0.2) is 5.82 Å². The van der Waals surface area contributed by atoms with E-state index in [1.165, 1.54) is 25.0 Å². The zero-order valence-electron chi connectivity index (χ0n) is 19.0. The Balaban J connectivity index is 0.936. The van der Waals surface area contributed by atoms with Gasteiger partial charge in [-0.25, -0.2) is 14.5 Å². The van der Waals surface area contributed by atoms with Gasteiger partial charge in [-0.1, -0.05) is 12.1 Å². The zero-order valence-corrected chi connectivity index (χ0v) is 19.0. The molecule has 4 aliphatic rings. The van der Waals surface area contributed by atoms with Crippen molar-refractivity contribution < 1.29 is 22.7 Å². The maximum Gasteiger partial charge on any atom is 0.416 e. The van der Waals surface area contributed by atoms with E-state index < -0.39 is 11.7 Å². The zero-order chi connectivity index (χ0) is 23.7. The number of hydrogen-bond acceptors (Lipinski definition) is 4. The molecule has 4 fully saturated rings. The van der Waals surface area contributed by atoms with Crippen LogP contribution in [0.3, 0.4) is 0 Å². The third-order valence-corrected chi connectivity index (χ3v) is 7.90. The van der Waals surface area contributed by atoms with Gasteiger partial charge < -0.3 is 14.5 Å². The average molecular weight is 476 g/mol. The molecule has 1 spiro atoms. The van der Waals surface area contributed by atoms with Gasteiger partial charge in [-0.05, 0) is 50.3 Å². The lowest BCUT2D eigenvalue weighted by Crippen LogP contribution is -2.70. The van der Waals surface area contributed by atoms with Crippen molar-refractivity contribution >= 4 is 6.03 Å². The molecule has 1 aromatic heterocycles. The molecule has 2 atom stereocenters. The molecule has 2 amide bonds. The molecule has 3 heterocycles. The predicted molar refractivity (Wildman–Crippen MR) is 116 cm³/mol. The van der Waals surface area contributed by atoms with Crippen LogP contribution in [0.15, 0.2) is 30.6 Å². The Morgan fingerprint density at radius 2 is 1.88 bits per heavy atom. The fourth-order valence-corrected chi connectivity index (χ4v) is 5.47. The summed E-state index contributed by atoms with van der Waals surface area (Å²) in [5, 5.41) is 4.65. The number of alkyl halides is 3. The number of carbonyl (C=O) groups excluding carboxylic acids is 1. The summed E-state index contributed by atoms with van der Waals surface area (Å²) in [6.07, 6.45) is 1.89. The van der Waals surface area contributed by atoms with Gasteiger partial charge in [0.2, 0.25) is 0 Å². The summed E-state index contributed by atoms with van der Waals surface area (Å²) in [5.41, 5.74) is 0.240. The highest BCUT2D eigenvalue weighted by molar-refractivity contribution is 5.77. The molecule has 2 unspecified atom stereocenters. The second-order valence-corrected chi connectivity index (χ2v) is 10.5. The van der Waals surface area contributed by atoms with Crippen LogP contribution < -0.4 is 0 Å². The highest BCUT2D eigenvalue weighted by atomic mass is 19.4. The molecule has 2 saturated carbocycles. The van der Waals surface area contributed by atoms with Crippen molar-refractivity contribution in [3.8, 4) is 0 Å². The molecular weight excluding hydrogens is 447 g/mol. The van der Waals surface area contributed by atoms with Crippen LogP contribution in [0, 0.1) is 5.41 Å². The lowest BCUT2D eigenvalue weighted by atomic mass is 9.61. The minimum atomic E-state index is -4.34. The van der Waals surface area contributed by atoms with E-state index in [1.807, 2.05) is 27.7 Å². The number of likely N-dealkylation sites (tertiary alicyclic amines) is 2. The first-order valence-electron chi connectivity index (χ1n) is 12.0. The van der Waals surface area contributed by atoms with Crippen LogP contribution in [0.5, 0.6) is 0 Å². The standard InChI is InChI=1S/C24H28F3N5O2/c1-15-20(34-11-16-2-6-18(7-3-16)24(25,26)27)10-31(15)22(33)30-12-23(13-30)8-19(9-23)32-14-28-21(29-32)17-4-5-17/h2-3,6-7,14-15,17,19-20H,4-5,8-13H2,1H3. The molecule has 182 valence electrons. The van der Waals surface area contributed by atoms with Gasteiger partial charge in [0.25, 0.3) is 0 Å². The molecule has 0 N–H and O–H groups in total. The molecule has 34 heavy (non-hydrogen) atoms. The summed E-state index contributed by atoms with van der Waals surface area (Å²) >= 11 is 0. The maximum atomic E-state index is 12.9. The van der Waals surface area contributed by atoms with Gasteiger partial charge in [0, 0.05) is 24.4 Å². The van der Waals surface area contributed by atoms with Gasteiger partial charge in [-0.15, -0.1) is 0 Å². The predicted octanol–water partition coefficient (Wildman–Crippen LogP) is 4.22. The first-order valence-corrected chi connectivity index (χ1v) is 12.0. The third-order valence-electron chi connectivity index (χ3n) is 7.90. The summed E-state index contributed by atoms with van der Waals surface area (Å²) in [7, 11) is 0. The molecule has 1 aromatic carbocycles. The van der Waals surface area contributed by atoms with Crippen molar-refractivity contribution in [2.75, 3.05) is 19.6 Å². The van der Waals surface area contributed by atoms with Crippen molar-refractivity contribution in [2.45, 2.75) is 69.5 Å². The number of carbonyl (C=O) groups is 1. The fraction of sp³-hybridized carbons (Fsp3) is 0.625. The molecule has 0 bridgehead atoms. The highest BCUT2D eigenvalue weighted by Crippen LogP contribution is 2.54. The van der Waals surface area contributed by atoms with Crippen LogP contribution in [0.4, 0.5) is 18.0 Å². The van der Waals surface area contributed by atoms with E-state index in [9.17, 15) is 18.0 Å². The summed E-state index contributed by atoms with van der Waals surface area (Å²) in [6.45, 7) is 4.26. The van der Waals surface area contributed by atoms with Gasteiger partial charge in [0.1, 0.15) is 6.33 Å². The number of rotatable bonds is 5. The number of aromatic nitrogens is 3. The average Bonchev–Trinajstić information content (AvgIpc) is 3.48. The molecule has 2 saturated heterocycles. The van der Waals surface area contributed by atoms with E-state index in [2.05, 4.69) is 10.1 Å². The molecule has 0 radical (unpaired) electrons. The van der Waals surface area contributed by atoms with Crippen molar-refractivity contribution in [3.05, 3.63) is 47.5 Å². The highest BCUT2D eigenvalue weighted by Gasteiger charge is 2.56. The normalized spacial score (nSPS) is 26.2. The molecule has 6 rings (SSSR count). The van der Waals surface area contributed by atoms with E-state index >= 15 is 0 Å². The second kappa shape index (κ2) is 7.69. The van der Waals surface area contributed by atoms with Crippen LogP contribution in [0.1, 0.15) is 61.5 Å². The number of ether oxygens (including phenoxy) is 1. The number of urea groups is 1. The Morgan fingerprint density at radius 3 is 2.50 bits per heavy atom. The number of benzene rings is 1. The maximum absolute atomic E-state index is 12.9. The van der Waals surface area contributed by atoms with Gasteiger partial charge >= 0.3 is 12.2 Å². The molecule has 2 aliphatic carbocycles. The Morgan fingerprint density at radius 1 is 1.18 bits per heavy atom. The summed E-state index contributed by atoms with van der Waals surface area (Å²) in [4.78, 5) is 21.1. The Hall–Kier alpha value is -2.62. The van der Waals surface area contributed by atoms with E-state index in [0.717, 1.165) is 43.9 Å². The van der Waals surface area contributed by atoms with Crippen molar-refractivity contribution in [2.24, 2.45) is 5.41 Å². The molecule has 2 aliphatic heterocycles. The van der Waals surface area contributed by atoms with Gasteiger partial charge in [-0.3, -0.25) is 0 Å². The molecule has 7 nitrogen and oxygen atoms in total. The second-order valence-electron chi connectivity index (χ2n) is 10.5. The van der Waals surface area contributed by atoms with Crippen LogP contribution in [-0.4, -0.2) is 62.4 Å². The van der Waals surface area contributed by atoms with E-state index in [0.29, 0.717) is 24.1 Å². The van der Waals surface area contributed by atoms with Crippen LogP contribution >= 0.6 is 0 Å². The van der Waals surface area contributed by atoms with Crippen LogP contribution in [0.25, 0.3) is 0 Å². The third kappa shape index (κ3) is 3.85. The molecule has 10 heteroatoms. The fourth-order valence-electron chi connectivity index (χ4n) is 5.47. The van der Waals surface area contributed by atoms with Gasteiger partial charge in [0.05, 0.1) is 36.9 Å². The minimum absolute atomic E-state index is 0.0488. The Bertz CT molecular complexity index is 1070. The van der Waals surface area contributed by atoms with E-state index in [4.69, 9.17) is 4.74 Å². The summed E-state index contributed by atoms with van der Waals surface area (Å²) in [5.74, 6) is 1.54. The number of nitrogens with zero attached hydrogens (tertiary/aromatic N) is 5. The quantitative estimate of drug-likeness (QED) is 0.650. The first-order chi connectivity index (χ1) is 16.2. The number of halogens is 3. The van der Waals surface area contributed by atoms with Crippen molar-refractivity contribution in [3.63, 3.8) is 0 Å². The van der Waals surface area contributed by atoms with E-state index in [-0.39, 0.29) is 30.2 Å². The smallest absolute Gasteiger partial charge is 0.370 e. The lowest BCUT2D eigenvalue weighted by molar-refractivity contribution is -0.137. The Kier molecular flexibility index (Phi) is 4.95. The van der Waals surface area contributed by atoms with Crippen LogP contribution in [-0.2, 0) is 17.5 Å². The molecular formula is C24H28F3N5O2. The number of hydrogen-bond donors (Lipinski definition) is 0. The first kappa shape index (κ1) is 21.9. The monoisotopic (exact) mass is 475 g/mol.